The maximum absolute atomic E-state index is 12.1. The summed E-state index contributed by atoms with van der Waals surface area (Å²) in [6, 6.07) is 6.34. The molecule has 1 fully saturated rings. The number of nitrogens with one attached hydrogen (secondary N) is 2. The molecular formula is C17H22ClN3O4. The molecule has 0 radical (unpaired) electrons. The van der Waals surface area contributed by atoms with Gasteiger partial charge in [0.25, 0.3) is 0 Å². The van der Waals surface area contributed by atoms with Crippen LogP contribution in [0.5, 0.6) is 0 Å². The highest BCUT2D eigenvalue weighted by Crippen LogP contribution is 2.17. The number of piperidine rings is 1. The lowest BCUT2D eigenvalue weighted by molar-refractivity contribution is -0.139. The van der Waals surface area contributed by atoms with Gasteiger partial charge in [-0.25, -0.2) is 0 Å². The Labute approximate surface area is 151 Å². The summed E-state index contributed by atoms with van der Waals surface area (Å²) in [6.45, 7) is 3.03. The van der Waals surface area contributed by atoms with Gasteiger partial charge in [0, 0.05) is 37.0 Å². The predicted molar refractivity (Wildman–Crippen MR) is 94.2 cm³/mol. The second-order valence-corrected chi connectivity index (χ2v) is 6.52. The zero-order valence-electron chi connectivity index (χ0n) is 14.3. The van der Waals surface area contributed by atoms with Crippen LogP contribution in [0.2, 0.25) is 5.02 Å². The Morgan fingerprint density at radius 3 is 2.52 bits per heavy atom. The highest BCUT2D eigenvalue weighted by atomic mass is 35.5. The van der Waals surface area contributed by atoms with E-state index in [9.17, 15) is 14.4 Å². The number of benzene rings is 1. The van der Waals surface area contributed by atoms with E-state index in [-0.39, 0.29) is 24.5 Å². The van der Waals surface area contributed by atoms with Crippen LogP contribution in [0.25, 0.3) is 0 Å². The molecule has 0 unspecified atom stereocenters. The van der Waals surface area contributed by atoms with E-state index in [1.54, 1.807) is 29.2 Å². The molecule has 1 aliphatic heterocycles. The van der Waals surface area contributed by atoms with Crippen molar-refractivity contribution in [3.63, 3.8) is 0 Å². The molecule has 2 rings (SSSR count). The predicted octanol–water partition coefficient (Wildman–Crippen LogP) is 1.28. The van der Waals surface area contributed by atoms with Gasteiger partial charge in [-0.05, 0) is 36.6 Å². The molecule has 1 heterocycles. The molecule has 2 N–H and O–H groups in total. The summed E-state index contributed by atoms with van der Waals surface area (Å²) in [5, 5.41) is 5.82. The number of halogens is 1. The van der Waals surface area contributed by atoms with Gasteiger partial charge in [0.1, 0.15) is 6.61 Å². The fraction of sp³-hybridized carbons (Fsp3) is 0.471. The standard InChI is InChI=1S/C17H22ClN3O4/c1-11-9-21(15(22)10-25-2)8-7-14(11)20-17(24)16(23)19-13-5-3-12(18)4-6-13/h3-6,11,14H,7-10H2,1-2H3,(H,19,23)(H,20,24)/t11-,14+/m1/s1. The number of amides is 3. The van der Waals surface area contributed by atoms with Gasteiger partial charge in [0.2, 0.25) is 5.91 Å². The van der Waals surface area contributed by atoms with Crippen molar-refractivity contribution < 1.29 is 19.1 Å². The van der Waals surface area contributed by atoms with E-state index in [2.05, 4.69) is 10.6 Å². The van der Waals surface area contributed by atoms with Gasteiger partial charge in [-0.3, -0.25) is 14.4 Å². The summed E-state index contributed by atoms with van der Waals surface area (Å²) in [5.41, 5.74) is 0.498. The molecule has 1 aromatic carbocycles. The summed E-state index contributed by atoms with van der Waals surface area (Å²) in [4.78, 5) is 37.7. The van der Waals surface area contributed by atoms with Gasteiger partial charge >= 0.3 is 11.8 Å². The third kappa shape index (κ3) is 5.44. The molecular weight excluding hydrogens is 346 g/mol. The Balaban J connectivity index is 1.85. The van der Waals surface area contributed by atoms with E-state index < -0.39 is 11.8 Å². The highest BCUT2D eigenvalue weighted by molar-refractivity contribution is 6.39. The minimum absolute atomic E-state index is 0.0434. The van der Waals surface area contributed by atoms with Gasteiger partial charge in [-0.1, -0.05) is 18.5 Å². The molecule has 25 heavy (non-hydrogen) atoms. The van der Waals surface area contributed by atoms with Crippen molar-refractivity contribution in [2.45, 2.75) is 19.4 Å². The van der Waals surface area contributed by atoms with Crippen molar-refractivity contribution in [1.29, 1.82) is 0 Å². The highest BCUT2D eigenvalue weighted by Gasteiger charge is 2.30. The molecule has 7 nitrogen and oxygen atoms in total. The third-order valence-corrected chi connectivity index (χ3v) is 4.40. The lowest BCUT2D eigenvalue weighted by Gasteiger charge is -2.37. The van der Waals surface area contributed by atoms with E-state index >= 15 is 0 Å². The average molecular weight is 368 g/mol. The Hall–Kier alpha value is -2.12. The van der Waals surface area contributed by atoms with E-state index in [0.717, 1.165) is 0 Å². The molecule has 0 aliphatic carbocycles. The zero-order chi connectivity index (χ0) is 18.4. The number of carbonyl (C=O) groups excluding carboxylic acids is 3. The molecule has 2 atom stereocenters. The molecule has 0 saturated carbocycles. The van der Waals surface area contributed by atoms with Crippen LogP contribution in [-0.4, -0.2) is 55.5 Å². The number of hydrogen-bond donors (Lipinski definition) is 2. The number of likely N-dealkylation sites (tertiary alicyclic amines) is 1. The summed E-state index contributed by atoms with van der Waals surface area (Å²) < 4.78 is 4.86. The Bertz CT molecular complexity index is 635. The fourth-order valence-electron chi connectivity index (χ4n) is 2.76. The van der Waals surface area contributed by atoms with Crippen molar-refractivity contribution in [3.8, 4) is 0 Å². The molecule has 1 aromatic rings. The van der Waals surface area contributed by atoms with Gasteiger partial charge in [0.15, 0.2) is 0 Å². The largest absolute Gasteiger partial charge is 0.375 e. The Morgan fingerprint density at radius 2 is 1.92 bits per heavy atom. The van der Waals surface area contributed by atoms with E-state index in [0.29, 0.717) is 30.2 Å². The van der Waals surface area contributed by atoms with E-state index in [1.165, 1.54) is 7.11 Å². The SMILES string of the molecule is COCC(=O)N1CC[C@H](NC(=O)C(=O)Nc2ccc(Cl)cc2)[C@H](C)C1. The third-order valence-electron chi connectivity index (χ3n) is 4.15. The zero-order valence-corrected chi connectivity index (χ0v) is 15.0. The van der Waals surface area contributed by atoms with Crippen LogP contribution in [-0.2, 0) is 19.1 Å². The summed E-state index contributed by atoms with van der Waals surface area (Å²) in [6.07, 6.45) is 0.594. The lowest BCUT2D eigenvalue weighted by atomic mass is 9.93. The maximum atomic E-state index is 12.1. The Morgan fingerprint density at radius 1 is 1.24 bits per heavy atom. The number of carbonyl (C=O) groups is 3. The van der Waals surface area contributed by atoms with Crippen molar-refractivity contribution in [1.82, 2.24) is 10.2 Å². The number of ether oxygens (including phenoxy) is 1. The van der Waals surface area contributed by atoms with Gasteiger partial charge in [0.05, 0.1) is 0 Å². The minimum Gasteiger partial charge on any atom is -0.375 e. The topological polar surface area (TPSA) is 87.7 Å². The van der Waals surface area contributed by atoms with Crippen LogP contribution in [0.15, 0.2) is 24.3 Å². The smallest absolute Gasteiger partial charge is 0.313 e. The number of hydrogen-bond acceptors (Lipinski definition) is 4. The molecule has 3 amide bonds. The monoisotopic (exact) mass is 367 g/mol. The van der Waals surface area contributed by atoms with Crippen molar-refractivity contribution >= 4 is 35.0 Å². The number of rotatable bonds is 4. The first-order valence-electron chi connectivity index (χ1n) is 8.05. The molecule has 0 spiro atoms. The number of methoxy groups -OCH3 is 1. The Kier molecular flexibility index (Phi) is 6.78. The molecule has 136 valence electrons. The lowest BCUT2D eigenvalue weighted by Crippen LogP contribution is -2.53. The van der Waals surface area contributed by atoms with E-state index in [4.69, 9.17) is 16.3 Å². The van der Waals surface area contributed by atoms with Gasteiger partial charge in [-0.15, -0.1) is 0 Å². The quantitative estimate of drug-likeness (QED) is 0.785. The second kappa shape index (κ2) is 8.82. The summed E-state index contributed by atoms with van der Waals surface area (Å²) in [5.74, 6) is -1.45. The first-order valence-corrected chi connectivity index (χ1v) is 8.42. The van der Waals surface area contributed by atoms with Crippen LogP contribution in [0.1, 0.15) is 13.3 Å². The van der Waals surface area contributed by atoms with Crippen LogP contribution in [0, 0.1) is 5.92 Å². The van der Waals surface area contributed by atoms with E-state index in [1.807, 2.05) is 6.92 Å². The molecule has 8 heteroatoms. The normalized spacial score (nSPS) is 20.0. The first kappa shape index (κ1) is 19.2. The van der Waals surface area contributed by atoms with Crippen molar-refractivity contribution in [3.05, 3.63) is 29.3 Å². The minimum atomic E-state index is -0.729. The second-order valence-electron chi connectivity index (χ2n) is 6.08. The molecule has 1 saturated heterocycles. The average Bonchev–Trinajstić information content (AvgIpc) is 2.58. The summed E-state index contributed by atoms with van der Waals surface area (Å²) in [7, 11) is 1.48. The molecule has 1 aliphatic rings. The van der Waals surface area contributed by atoms with Gasteiger partial charge < -0.3 is 20.3 Å². The molecule has 0 bridgehead atoms. The van der Waals surface area contributed by atoms with Crippen LogP contribution >= 0.6 is 11.6 Å². The van der Waals surface area contributed by atoms with Crippen LogP contribution in [0.4, 0.5) is 5.69 Å². The fourth-order valence-corrected chi connectivity index (χ4v) is 2.88. The van der Waals surface area contributed by atoms with Crippen LogP contribution in [0.3, 0.4) is 0 Å². The van der Waals surface area contributed by atoms with Crippen molar-refractivity contribution in [2.75, 3.05) is 32.1 Å². The number of anilines is 1. The van der Waals surface area contributed by atoms with Gasteiger partial charge in [-0.2, -0.15) is 0 Å². The first-order chi connectivity index (χ1) is 11.9. The number of nitrogens with zero attached hydrogens (tertiary/aromatic N) is 1. The van der Waals surface area contributed by atoms with Crippen LogP contribution < -0.4 is 10.6 Å². The maximum Gasteiger partial charge on any atom is 0.313 e. The summed E-state index contributed by atoms with van der Waals surface area (Å²) >= 11 is 5.78. The van der Waals surface area contributed by atoms with Crippen molar-refractivity contribution in [2.24, 2.45) is 5.92 Å². The molecule has 0 aromatic heterocycles.